The molecule has 0 aliphatic carbocycles. The second-order valence-corrected chi connectivity index (χ2v) is 7.61. The molecule has 4 rings (SSSR count). The van der Waals surface area contributed by atoms with Crippen LogP contribution in [-0.4, -0.2) is 11.3 Å². The minimum absolute atomic E-state index is 0.0228. The molecule has 0 amide bonds. The first-order valence-electron chi connectivity index (χ1n) is 10.1. The van der Waals surface area contributed by atoms with Gasteiger partial charge >= 0.3 is 6.18 Å². The maximum absolute atomic E-state index is 14.8. The Balaban J connectivity index is 2.01. The molecule has 7 heteroatoms. The fourth-order valence-electron chi connectivity index (χ4n) is 3.77. The van der Waals surface area contributed by atoms with Crippen LogP contribution in [0.2, 0.25) is 0 Å². The van der Waals surface area contributed by atoms with E-state index < -0.39 is 24.2 Å². The zero-order valence-corrected chi connectivity index (χ0v) is 17.1. The zero-order chi connectivity index (χ0) is 23.0. The Bertz CT molecular complexity index is 1290. The Labute approximate surface area is 180 Å². The molecule has 0 unspecified atom stereocenters. The van der Waals surface area contributed by atoms with Gasteiger partial charge < -0.3 is 9.84 Å². The third-order valence-corrected chi connectivity index (χ3v) is 5.23. The van der Waals surface area contributed by atoms with Crippen molar-refractivity contribution in [1.82, 2.24) is 0 Å². The first-order valence-corrected chi connectivity index (χ1v) is 10.1. The lowest BCUT2D eigenvalue weighted by Crippen LogP contribution is -2.23. The first kappa shape index (κ1) is 21.9. The number of benzene rings is 3. The Morgan fingerprint density at radius 1 is 0.938 bits per heavy atom. The summed E-state index contributed by atoms with van der Waals surface area (Å²) in [7, 11) is 0. The maximum atomic E-state index is 14.8. The number of alkyl halides is 3. The van der Waals surface area contributed by atoms with E-state index >= 15 is 0 Å². The highest BCUT2D eigenvalue weighted by Crippen LogP contribution is 2.38. The van der Waals surface area contributed by atoms with Crippen LogP contribution in [0.25, 0.3) is 11.6 Å². The lowest BCUT2D eigenvalue weighted by atomic mass is 9.91. The Hall–Kier alpha value is -3.35. The van der Waals surface area contributed by atoms with E-state index in [2.05, 4.69) is 0 Å². The van der Waals surface area contributed by atoms with E-state index in [0.717, 1.165) is 12.1 Å². The number of fused-ring (bicyclic) bond motifs is 2. The molecule has 0 saturated carbocycles. The predicted molar refractivity (Wildman–Crippen MR) is 111 cm³/mol. The van der Waals surface area contributed by atoms with Crippen LogP contribution in [0.15, 0.2) is 48.5 Å². The number of aryl methyl sites for hydroxylation is 1. The molecule has 0 fully saturated rings. The molecule has 1 N–H and O–H groups in total. The molecule has 32 heavy (non-hydrogen) atoms. The SMILES string of the molecule is CCCc1cc2c(cc1F)C(c1ccc(O)cc1)=c1cc(F)/c(=C\CC(F)(F)F)cc1O2. The minimum atomic E-state index is -4.47. The van der Waals surface area contributed by atoms with Gasteiger partial charge in [0, 0.05) is 21.6 Å². The van der Waals surface area contributed by atoms with Crippen molar-refractivity contribution in [2.24, 2.45) is 0 Å². The summed E-state index contributed by atoms with van der Waals surface area (Å²) in [4.78, 5) is 0. The monoisotopic (exact) mass is 446 g/mol. The van der Waals surface area contributed by atoms with Crippen LogP contribution in [0.3, 0.4) is 0 Å². The van der Waals surface area contributed by atoms with E-state index in [1.54, 1.807) is 18.2 Å². The number of hydrogen-bond donors (Lipinski definition) is 1. The summed E-state index contributed by atoms with van der Waals surface area (Å²) in [6.45, 7) is 1.91. The van der Waals surface area contributed by atoms with E-state index in [1.165, 1.54) is 24.3 Å². The van der Waals surface area contributed by atoms with Crippen molar-refractivity contribution < 1.29 is 31.8 Å². The van der Waals surface area contributed by atoms with Crippen molar-refractivity contribution in [1.29, 1.82) is 0 Å². The summed E-state index contributed by atoms with van der Waals surface area (Å²) >= 11 is 0. The van der Waals surface area contributed by atoms with Crippen molar-refractivity contribution in [3.63, 3.8) is 0 Å². The van der Waals surface area contributed by atoms with Crippen LogP contribution in [-0.2, 0) is 6.42 Å². The predicted octanol–water partition coefficient (Wildman–Crippen LogP) is 5.71. The van der Waals surface area contributed by atoms with Gasteiger partial charge in [0.1, 0.15) is 28.9 Å². The van der Waals surface area contributed by atoms with E-state index in [-0.39, 0.29) is 21.9 Å². The van der Waals surface area contributed by atoms with Crippen LogP contribution in [0, 0.1) is 11.6 Å². The smallest absolute Gasteiger partial charge is 0.392 e. The highest BCUT2D eigenvalue weighted by atomic mass is 19.4. The van der Waals surface area contributed by atoms with Gasteiger partial charge in [-0.2, -0.15) is 13.2 Å². The van der Waals surface area contributed by atoms with Crippen molar-refractivity contribution >= 4 is 11.6 Å². The van der Waals surface area contributed by atoms with Crippen LogP contribution in [0.5, 0.6) is 17.2 Å². The Morgan fingerprint density at radius 2 is 1.66 bits per heavy atom. The van der Waals surface area contributed by atoms with Gasteiger partial charge in [0.05, 0.1) is 6.42 Å². The lowest BCUT2D eigenvalue weighted by molar-refractivity contribution is -0.122. The molecule has 2 nitrogen and oxygen atoms in total. The third kappa shape index (κ3) is 4.33. The summed E-state index contributed by atoms with van der Waals surface area (Å²) in [5.74, 6) is -0.748. The topological polar surface area (TPSA) is 29.5 Å². The summed E-state index contributed by atoms with van der Waals surface area (Å²) in [5.41, 5.74) is 1.88. The van der Waals surface area contributed by atoms with E-state index in [4.69, 9.17) is 4.74 Å². The van der Waals surface area contributed by atoms with Gasteiger partial charge in [-0.1, -0.05) is 31.6 Å². The number of hydrogen-bond acceptors (Lipinski definition) is 2. The molecule has 0 atom stereocenters. The van der Waals surface area contributed by atoms with Gasteiger partial charge in [0.2, 0.25) is 0 Å². The van der Waals surface area contributed by atoms with Crippen molar-refractivity contribution in [3.05, 3.63) is 87.3 Å². The van der Waals surface area contributed by atoms with Crippen LogP contribution in [0.1, 0.15) is 36.5 Å². The molecule has 166 valence electrons. The molecular weight excluding hydrogens is 427 g/mol. The highest BCUT2D eigenvalue weighted by molar-refractivity contribution is 5.85. The molecule has 1 aliphatic heterocycles. The van der Waals surface area contributed by atoms with E-state index in [1.807, 2.05) is 6.92 Å². The minimum Gasteiger partial charge on any atom is -0.508 e. The largest absolute Gasteiger partial charge is 0.508 e. The molecule has 1 heterocycles. The second-order valence-electron chi connectivity index (χ2n) is 7.61. The van der Waals surface area contributed by atoms with E-state index in [0.29, 0.717) is 40.9 Å². The van der Waals surface area contributed by atoms with Gasteiger partial charge in [-0.05, 0) is 53.9 Å². The van der Waals surface area contributed by atoms with Gasteiger partial charge in [-0.15, -0.1) is 0 Å². The molecule has 3 aromatic carbocycles. The number of ether oxygens (including phenoxy) is 1. The van der Waals surface area contributed by atoms with Gasteiger partial charge in [0.25, 0.3) is 0 Å². The van der Waals surface area contributed by atoms with Crippen molar-refractivity contribution in [2.75, 3.05) is 0 Å². The van der Waals surface area contributed by atoms with Crippen molar-refractivity contribution in [3.8, 4) is 17.2 Å². The molecule has 3 aromatic rings. The lowest BCUT2D eigenvalue weighted by Gasteiger charge is -2.22. The maximum Gasteiger partial charge on any atom is 0.392 e. The second kappa shape index (κ2) is 8.30. The average Bonchev–Trinajstić information content (AvgIpc) is 2.72. The van der Waals surface area contributed by atoms with Crippen molar-refractivity contribution in [2.45, 2.75) is 32.4 Å². The molecule has 0 aromatic heterocycles. The molecule has 0 spiro atoms. The van der Waals surface area contributed by atoms with Gasteiger partial charge in [-0.25, -0.2) is 8.78 Å². The van der Waals surface area contributed by atoms with Crippen LogP contribution >= 0.6 is 0 Å². The Morgan fingerprint density at radius 3 is 2.31 bits per heavy atom. The van der Waals surface area contributed by atoms with Crippen LogP contribution in [0.4, 0.5) is 22.0 Å². The fraction of sp³-hybridized carbons (Fsp3) is 0.200. The number of rotatable bonds is 4. The fourth-order valence-corrected chi connectivity index (χ4v) is 3.77. The van der Waals surface area contributed by atoms with Crippen LogP contribution < -0.4 is 15.2 Å². The zero-order valence-electron chi connectivity index (χ0n) is 17.1. The summed E-state index contributed by atoms with van der Waals surface area (Å²) in [6.07, 6.45) is -3.78. The molecule has 0 radical (unpaired) electrons. The number of phenols is 1. The van der Waals surface area contributed by atoms with Gasteiger partial charge in [0.15, 0.2) is 0 Å². The average molecular weight is 446 g/mol. The summed E-state index contributed by atoms with van der Waals surface area (Å²) in [6, 6.07) is 11.3. The summed E-state index contributed by atoms with van der Waals surface area (Å²) < 4.78 is 73.3. The number of phenolic OH excluding ortho intramolecular Hbond substituents is 1. The van der Waals surface area contributed by atoms with E-state index in [9.17, 15) is 27.1 Å². The third-order valence-electron chi connectivity index (χ3n) is 5.23. The first-order chi connectivity index (χ1) is 15.2. The molecule has 0 bridgehead atoms. The normalized spacial score (nSPS) is 13.6. The highest BCUT2D eigenvalue weighted by Gasteiger charge is 2.26. The summed E-state index contributed by atoms with van der Waals surface area (Å²) in [5, 5.41) is 9.69. The number of halogens is 5. The Kier molecular flexibility index (Phi) is 5.67. The molecular formula is C25H19F5O2. The molecule has 1 aliphatic rings. The molecule has 0 saturated heterocycles. The quantitative estimate of drug-likeness (QED) is 0.407. The van der Waals surface area contributed by atoms with Gasteiger partial charge in [-0.3, -0.25) is 0 Å². The number of aromatic hydroxyl groups is 1. The standard InChI is InChI=1S/C25H19F5O2/c1-2-3-15-10-22-18(12-20(15)26)24(14-4-6-17(31)7-5-14)19-13-21(27)16(11-23(19)32-22)8-9-25(28,29)30/h4-8,10-13,31H,2-3,9H2,1H3/b16-8-.